The number of nitrogens with one attached hydrogen (secondary N) is 1. The van der Waals surface area contributed by atoms with Crippen LogP contribution < -0.4 is 11.1 Å². The third kappa shape index (κ3) is 2.91. The topological polar surface area (TPSA) is 55.1 Å². The molecule has 0 bridgehead atoms. The standard InChI is InChI=1S/C15H22N2O/c1-15(2,3)13(16)14(18)17-12-9-11(12)10-7-5-4-6-8-10/h4-8,11-13H,9,16H2,1-3H3,(H,17,18)/t11?,12?,13-/m0/s1. The van der Waals surface area contributed by atoms with Crippen molar-refractivity contribution >= 4 is 5.91 Å². The van der Waals surface area contributed by atoms with Gasteiger partial charge in [-0.05, 0) is 17.4 Å². The van der Waals surface area contributed by atoms with Crippen molar-refractivity contribution in [1.82, 2.24) is 5.32 Å². The van der Waals surface area contributed by atoms with E-state index in [0.717, 1.165) is 6.42 Å². The van der Waals surface area contributed by atoms with Crippen LogP contribution in [0, 0.1) is 5.41 Å². The summed E-state index contributed by atoms with van der Waals surface area (Å²) in [6, 6.07) is 10.1. The SMILES string of the molecule is CC(C)(C)[C@@H](N)C(=O)NC1CC1c1ccccc1. The van der Waals surface area contributed by atoms with Crippen molar-refractivity contribution in [2.75, 3.05) is 0 Å². The van der Waals surface area contributed by atoms with Crippen LogP contribution in [0.5, 0.6) is 0 Å². The fourth-order valence-electron chi connectivity index (χ4n) is 2.09. The summed E-state index contributed by atoms with van der Waals surface area (Å²) in [5, 5.41) is 3.04. The van der Waals surface area contributed by atoms with E-state index >= 15 is 0 Å². The number of hydrogen-bond acceptors (Lipinski definition) is 2. The molecule has 98 valence electrons. The lowest BCUT2D eigenvalue weighted by molar-refractivity contribution is -0.124. The average Bonchev–Trinajstić information content (AvgIpc) is 3.07. The summed E-state index contributed by atoms with van der Waals surface area (Å²) in [6.45, 7) is 5.95. The number of carbonyl (C=O) groups excluding carboxylic acids is 1. The molecular weight excluding hydrogens is 224 g/mol. The van der Waals surface area contributed by atoms with Crippen molar-refractivity contribution < 1.29 is 4.79 Å². The number of amides is 1. The van der Waals surface area contributed by atoms with Gasteiger partial charge in [-0.25, -0.2) is 0 Å². The molecule has 0 aromatic heterocycles. The molecule has 1 fully saturated rings. The Kier molecular flexibility index (Phi) is 3.44. The molecule has 0 heterocycles. The van der Waals surface area contributed by atoms with Crippen LogP contribution in [0.4, 0.5) is 0 Å². The van der Waals surface area contributed by atoms with E-state index in [1.54, 1.807) is 0 Å². The molecule has 1 aliphatic carbocycles. The minimum atomic E-state index is -0.450. The molecule has 3 nitrogen and oxygen atoms in total. The van der Waals surface area contributed by atoms with E-state index in [2.05, 4.69) is 17.4 Å². The summed E-state index contributed by atoms with van der Waals surface area (Å²) in [5.74, 6) is 0.424. The van der Waals surface area contributed by atoms with Crippen LogP contribution in [0.2, 0.25) is 0 Å². The van der Waals surface area contributed by atoms with Crippen LogP contribution in [0.25, 0.3) is 0 Å². The van der Waals surface area contributed by atoms with E-state index in [4.69, 9.17) is 5.73 Å². The molecule has 0 radical (unpaired) electrons. The normalized spacial score (nSPS) is 24.4. The van der Waals surface area contributed by atoms with Gasteiger partial charge in [-0.3, -0.25) is 4.79 Å². The van der Waals surface area contributed by atoms with Crippen molar-refractivity contribution in [2.45, 2.75) is 45.2 Å². The first-order chi connectivity index (χ1) is 8.39. The molecule has 2 rings (SSSR count). The lowest BCUT2D eigenvalue weighted by atomic mass is 9.87. The molecule has 3 N–H and O–H groups in total. The Hall–Kier alpha value is -1.35. The Labute approximate surface area is 109 Å². The zero-order valence-electron chi connectivity index (χ0n) is 11.3. The molecule has 1 amide bonds. The first-order valence-electron chi connectivity index (χ1n) is 6.50. The Balaban J connectivity index is 1.89. The molecule has 2 unspecified atom stereocenters. The Morgan fingerprint density at radius 3 is 2.50 bits per heavy atom. The summed E-state index contributed by atoms with van der Waals surface area (Å²) in [4.78, 5) is 12.0. The molecule has 18 heavy (non-hydrogen) atoms. The van der Waals surface area contributed by atoms with E-state index < -0.39 is 6.04 Å². The first-order valence-corrected chi connectivity index (χ1v) is 6.50. The van der Waals surface area contributed by atoms with E-state index in [1.165, 1.54) is 5.56 Å². The minimum absolute atomic E-state index is 0.0362. The van der Waals surface area contributed by atoms with Gasteiger partial charge in [0.05, 0.1) is 6.04 Å². The van der Waals surface area contributed by atoms with E-state index in [-0.39, 0.29) is 17.4 Å². The Bertz CT molecular complexity index is 422. The molecule has 1 aliphatic rings. The number of rotatable bonds is 3. The second-order valence-electron chi connectivity index (χ2n) is 6.21. The maximum atomic E-state index is 12.0. The van der Waals surface area contributed by atoms with Gasteiger partial charge in [0, 0.05) is 12.0 Å². The predicted molar refractivity (Wildman–Crippen MR) is 73.2 cm³/mol. The van der Waals surface area contributed by atoms with E-state index in [1.807, 2.05) is 39.0 Å². The quantitative estimate of drug-likeness (QED) is 0.857. The van der Waals surface area contributed by atoms with Crippen molar-refractivity contribution in [2.24, 2.45) is 11.1 Å². The summed E-state index contributed by atoms with van der Waals surface area (Å²) < 4.78 is 0. The molecule has 1 saturated carbocycles. The number of hydrogen-bond donors (Lipinski definition) is 2. The molecule has 1 aromatic rings. The monoisotopic (exact) mass is 246 g/mol. The van der Waals surface area contributed by atoms with Crippen molar-refractivity contribution in [3.63, 3.8) is 0 Å². The molecule has 0 spiro atoms. The largest absolute Gasteiger partial charge is 0.351 e. The van der Waals surface area contributed by atoms with Crippen LogP contribution in [0.15, 0.2) is 30.3 Å². The van der Waals surface area contributed by atoms with Gasteiger partial charge in [0.2, 0.25) is 5.91 Å². The van der Waals surface area contributed by atoms with Crippen LogP contribution in [0.3, 0.4) is 0 Å². The maximum Gasteiger partial charge on any atom is 0.237 e. The van der Waals surface area contributed by atoms with E-state index in [9.17, 15) is 4.79 Å². The van der Waals surface area contributed by atoms with Gasteiger partial charge in [-0.15, -0.1) is 0 Å². The highest BCUT2D eigenvalue weighted by molar-refractivity contribution is 5.83. The minimum Gasteiger partial charge on any atom is -0.351 e. The second kappa shape index (κ2) is 4.73. The van der Waals surface area contributed by atoms with Crippen LogP contribution in [0.1, 0.15) is 38.7 Å². The number of carbonyl (C=O) groups is 1. The summed E-state index contributed by atoms with van der Waals surface area (Å²) >= 11 is 0. The molecule has 1 aromatic carbocycles. The highest BCUT2D eigenvalue weighted by Crippen LogP contribution is 2.40. The average molecular weight is 246 g/mol. The highest BCUT2D eigenvalue weighted by atomic mass is 16.2. The second-order valence-corrected chi connectivity index (χ2v) is 6.21. The van der Waals surface area contributed by atoms with Crippen LogP contribution in [-0.4, -0.2) is 18.0 Å². The maximum absolute atomic E-state index is 12.0. The lowest BCUT2D eigenvalue weighted by Gasteiger charge is -2.25. The third-order valence-corrected chi connectivity index (χ3v) is 3.56. The van der Waals surface area contributed by atoms with Crippen LogP contribution in [-0.2, 0) is 4.79 Å². The van der Waals surface area contributed by atoms with Gasteiger partial charge in [0.25, 0.3) is 0 Å². The summed E-state index contributed by atoms with van der Waals surface area (Å²) in [6.07, 6.45) is 1.02. The van der Waals surface area contributed by atoms with Crippen molar-refractivity contribution in [1.29, 1.82) is 0 Å². The van der Waals surface area contributed by atoms with Gasteiger partial charge < -0.3 is 11.1 Å². The third-order valence-electron chi connectivity index (χ3n) is 3.56. The molecule has 0 saturated heterocycles. The van der Waals surface area contributed by atoms with Gasteiger partial charge in [-0.1, -0.05) is 51.1 Å². The van der Waals surface area contributed by atoms with Crippen molar-refractivity contribution in [3.05, 3.63) is 35.9 Å². The van der Waals surface area contributed by atoms with Gasteiger partial charge in [-0.2, -0.15) is 0 Å². The zero-order chi connectivity index (χ0) is 13.3. The summed E-state index contributed by atoms with van der Waals surface area (Å²) in [5.41, 5.74) is 7.05. The number of nitrogens with two attached hydrogens (primary N) is 1. The zero-order valence-corrected chi connectivity index (χ0v) is 11.3. The highest BCUT2D eigenvalue weighted by Gasteiger charge is 2.41. The van der Waals surface area contributed by atoms with Crippen molar-refractivity contribution in [3.8, 4) is 0 Å². The fourth-order valence-corrected chi connectivity index (χ4v) is 2.09. The fraction of sp³-hybridized carbons (Fsp3) is 0.533. The smallest absolute Gasteiger partial charge is 0.237 e. The molecular formula is C15H22N2O. The Morgan fingerprint density at radius 1 is 1.33 bits per heavy atom. The lowest BCUT2D eigenvalue weighted by Crippen LogP contribution is -2.49. The first kappa shape index (κ1) is 13.1. The molecule has 3 heteroatoms. The van der Waals surface area contributed by atoms with Gasteiger partial charge >= 0.3 is 0 Å². The predicted octanol–water partition coefficient (Wildman–Crippen LogP) is 2.03. The Morgan fingerprint density at radius 2 is 1.94 bits per heavy atom. The summed E-state index contributed by atoms with van der Waals surface area (Å²) in [7, 11) is 0. The number of benzene rings is 1. The van der Waals surface area contributed by atoms with Gasteiger partial charge in [0.1, 0.15) is 0 Å². The van der Waals surface area contributed by atoms with E-state index in [0.29, 0.717) is 5.92 Å². The molecule has 0 aliphatic heterocycles. The van der Waals surface area contributed by atoms with Crippen LogP contribution >= 0.6 is 0 Å². The van der Waals surface area contributed by atoms with Gasteiger partial charge in [0.15, 0.2) is 0 Å². The molecule has 3 atom stereocenters.